The number of likely N-dealkylation sites (N-methyl/N-ethyl adjacent to an activating group) is 1. The second-order valence-electron chi connectivity index (χ2n) is 5.31. The van der Waals surface area contributed by atoms with Crippen molar-refractivity contribution in [1.82, 2.24) is 10.2 Å². The Bertz CT molecular complexity index is 185. The highest BCUT2D eigenvalue weighted by molar-refractivity contribution is 4.89. The number of hydrogen-bond acceptors (Lipinski definition) is 3. The fourth-order valence-electron chi connectivity index (χ4n) is 2.82. The maximum atomic E-state index is 9.67. The number of hydrogen-bond donors (Lipinski definition) is 2. The summed E-state index contributed by atoms with van der Waals surface area (Å²) in [6.45, 7) is 9.03. The monoisotopic (exact) mass is 242 g/mol. The van der Waals surface area contributed by atoms with Crippen molar-refractivity contribution in [2.75, 3.05) is 32.8 Å². The molecule has 1 rings (SSSR count). The molecule has 0 aliphatic heterocycles. The van der Waals surface area contributed by atoms with Crippen LogP contribution in [0.25, 0.3) is 0 Å². The molecule has 0 aromatic carbocycles. The molecule has 1 aliphatic rings. The van der Waals surface area contributed by atoms with Crippen LogP contribution in [0.15, 0.2) is 0 Å². The van der Waals surface area contributed by atoms with Crippen LogP contribution in [-0.4, -0.2) is 48.3 Å². The Balaban J connectivity index is 2.34. The van der Waals surface area contributed by atoms with Crippen LogP contribution in [0.2, 0.25) is 0 Å². The summed E-state index contributed by atoms with van der Waals surface area (Å²) in [4.78, 5) is 2.43. The summed E-state index contributed by atoms with van der Waals surface area (Å²) in [5.74, 6) is 0. The van der Waals surface area contributed by atoms with Gasteiger partial charge in [0.1, 0.15) is 0 Å². The Morgan fingerprint density at radius 1 is 1.06 bits per heavy atom. The van der Waals surface area contributed by atoms with E-state index >= 15 is 0 Å². The first-order valence-electron chi connectivity index (χ1n) is 7.34. The van der Waals surface area contributed by atoms with Crippen LogP contribution in [0.1, 0.15) is 52.4 Å². The Morgan fingerprint density at radius 2 is 1.65 bits per heavy atom. The van der Waals surface area contributed by atoms with Crippen LogP contribution in [0, 0.1) is 0 Å². The molecule has 0 amide bonds. The van der Waals surface area contributed by atoms with Gasteiger partial charge in [-0.05, 0) is 25.9 Å². The number of aliphatic hydroxyl groups is 1. The normalized spacial score (nSPS) is 20.5. The van der Waals surface area contributed by atoms with E-state index in [4.69, 9.17) is 0 Å². The van der Waals surface area contributed by atoms with Crippen molar-refractivity contribution in [2.45, 2.75) is 57.9 Å². The third kappa shape index (κ3) is 4.94. The first-order chi connectivity index (χ1) is 8.26. The highest BCUT2D eigenvalue weighted by Gasteiger charge is 2.29. The van der Waals surface area contributed by atoms with E-state index in [-0.39, 0.29) is 5.54 Å². The zero-order valence-corrected chi connectivity index (χ0v) is 11.7. The zero-order chi connectivity index (χ0) is 12.6. The average Bonchev–Trinajstić information content (AvgIpc) is 2.61. The van der Waals surface area contributed by atoms with Gasteiger partial charge in [-0.3, -0.25) is 0 Å². The Morgan fingerprint density at radius 3 is 2.12 bits per heavy atom. The third-order valence-corrected chi connectivity index (χ3v) is 4.19. The van der Waals surface area contributed by atoms with E-state index < -0.39 is 0 Å². The standard InChI is InChI=1S/C14H30N2O/c1-3-16(4-2)12-11-15-14(13-17)9-7-5-6-8-10-14/h15,17H,3-13H2,1-2H3. The van der Waals surface area contributed by atoms with Crippen molar-refractivity contribution in [3.8, 4) is 0 Å². The molecule has 0 atom stereocenters. The van der Waals surface area contributed by atoms with Gasteiger partial charge < -0.3 is 15.3 Å². The van der Waals surface area contributed by atoms with Gasteiger partial charge in [-0.25, -0.2) is 0 Å². The van der Waals surface area contributed by atoms with Crippen LogP contribution >= 0.6 is 0 Å². The van der Waals surface area contributed by atoms with Gasteiger partial charge in [0.2, 0.25) is 0 Å². The number of nitrogens with one attached hydrogen (secondary N) is 1. The number of aliphatic hydroxyl groups excluding tert-OH is 1. The maximum absolute atomic E-state index is 9.67. The lowest BCUT2D eigenvalue weighted by Gasteiger charge is -2.33. The van der Waals surface area contributed by atoms with E-state index in [2.05, 4.69) is 24.1 Å². The van der Waals surface area contributed by atoms with E-state index in [0.717, 1.165) is 39.0 Å². The molecule has 0 spiro atoms. The van der Waals surface area contributed by atoms with Gasteiger partial charge in [0, 0.05) is 18.6 Å². The predicted molar refractivity (Wildman–Crippen MR) is 73.3 cm³/mol. The molecule has 102 valence electrons. The molecule has 0 bridgehead atoms. The molecule has 17 heavy (non-hydrogen) atoms. The van der Waals surface area contributed by atoms with Gasteiger partial charge in [0.05, 0.1) is 6.61 Å². The van der Waals surface area contributed by atoms with Crippen LogP contribution in [-0.2, 0) is 0 Å². The molecule has 0 heterocycles. The van der Waals surface area contributed by atoms with Crippen molar-refractivity contribution in [3.63, 3.8) is 0 Å². The highest BCUT2D eigenvalue weighted by Crippen LogP contribution is 2.26. The maximum Gasteiger partial charge on any atom is 0.0613 e. The molecule has 0 aromatic heterocycles. The smallest absolute Gasteiger partial charge is 0.0613 e. The number of rotatable bonds is 7. The van der Waals surface area contributed by atoms with E-state index in [1.54, 1.807) is 0 Å². The zero-order valence-electron chi connectivity index (χ0n) is 11.7. The minimum absolute atomic E-state index is 0.0175. The molecule has 3 heteroatoms. The summed E-state index contributed by atoms with van der Waals surface area (Å²) in [7, 11) is 0. The highest BCUT2D eigenvalue weighted by atomic mass is 16.3. The quantitative estimate of drug-likeness (QED) is 0.670. The molecule has 0 unspecified atom stereocenters. The van der Waals surface area contributed by atoms with Crippen molar-refractivity contribution in [3.05, 3.63) is 0 Å². The van der Waals surface area contributed by atoms with E-state index in [1.165, 1.54) is 25.7 Å². The third-order valence-electron chi connectivity index (χ3n) is 4.19. The van der Waals surface area contributed by atoms with Gasteiger partial charge in [0.25, 0.3) is 0 Å². The van der Waals surface area contributed by atoms with Gasteiger partial charge in [0.15, 0.2) is 0 Å². The van der Waals surface area contributed by atoms with Gasteiger partial charge in [-0.2, -0.15) is 0 Å². The minimum atomic E-state index is 0.0175. The van der Waals surface area contributed by atoms with Crippen LogP contribution in [0.4, 0.5) is 0 Å². The second-order valence-corrected chi connectivity index (χ2v) is 5.31. The van der Waals surface area contributed by atoms with Crippen LogP contribution < -0.4 is 5.32 Å². The predicted octanol–water partition coefficient (Wildman–Crippen LogP) is 2.00. The topological polar surface area (TPSA) is 35.5 Å². The molecule has 3 nitrogen and oxygen atoms in total. The summed E-state index contributed by atoms with van der Waals surface area (Å²) < 4.78 is 0. The SMILES string of the molecule is CCN(CC)CCNC1(CO)CCCCCC1. The Hall–Kier alpha value is -0.120. The van der Waals surface area contributed by atoms with E-state index in [0.29, 0.717) is 6.61 Å². The molecule has 0 aromatic rings. The van der Waals surface area contributed by atoms with Crippen molar-refractivity contribution in [2.24, 2.45) is 0 Å². The summed E-state index contributed by atoms with van der Waals surface area (Å²) >= 11 is 0. The first kappa shape index (κ1) is 14.9. The second kappa shape index (κ2) is 8.06. The fraction of sp³-hybridized carbons (Fsp3) is 1.00. The molecule has 1 fully saturated rings. The van der Waals surface area contributed by atoms with Crippen LogP contribution in [0.5, 0.6) is 0 Å². The molecule has 1 saturated carbocycles. The molecule has 0 radical (unpaired) electrons. The van der Waals surface area contributed by atoms with Gasteiger partial charge in [-0.15, -0.1) is 0 Å². The van der Waals surface area contributed by atoms with Crippen molar-refractivity contribution in [1.29, 1.82) is 0 Å². The lowest BCUT2D eigenvalue weighted by Crippen LogP contribution is -2.50. The van der Waals surface area contributed by atoms with Crippen LogP contribution in [0.3, 0.4) is 0 Å². The molecular formula is C14H30N2O. The molecule has 2 N–H and O–H groups in total. The average molecular weight is 242 g/mol. The summed E-state index contributed by atoms with van der Waals surface area (Å²) in [5.41, 5.74) is 0.0175. The summed E-state index contributed by atoms with van der Waals surface area (Å²) in [5, 5.41) is 13.3. The van der Waals surface area contributed by atoms with Gasteiger partial charge >= 0.3 is 0 Å². The van der Waals surface area contributed by atoms with Gasteiger partial charge in [-0.1, -0.05) is 39.5 Å². The van der Waals surface area contributed by atoms with E-state index in [1.807, 2.05) is 0 Å². The summed E-state index contributed by atoms with van der Waals surface area (Å²) in [6, 6.07) is 0. The largest absolute Gasteiger partial charge is 0.394 e. The number of nitrogens with zero attached hydrogens (tertiary/aromatic N) is 1. The molecule has 0 saturated heterocycles. The Kier molecular flexibility index (Phi) is 7.09. The fourth-order valence-corrected chi connectivity index (χ4v) is 2.82. The van der Waals surface area contributed by atoms with E-state index in [9.17, 15) is 5.11 Å². The van der Waals surface area contributed by atoms with Crippen molar-refractivity contribution >= 4 is 0 Å². The Labute approximate surface area is 107 Å². The minimum Gasteiger partial charge on any atom is -0.394 e. The first-order valence-corrected chi connectivity index (χ1v) is 7.34. The molecular weight excluding hydrogens is 212 g/mol. The summed E-state index contributed by atoms with van der Waals surface area (Å²) in [6.07, 6.45) is 7.47. The van der Waals surface area contributed by atoms with Crippen molar-refractivity contribution < 1.29 is 5.11 Å². The lowest BCUT2D eigenvalue weighted by molar-refractivity contribution is 0.139. The lowest BCUT2D eigenvalue weighted by atomic mass is 9.91. The molecule has 1 aliphatic carbocycles.